The smallest absolute Gasteiger partial charge is 0.0623 e. The molecular formula is C16H33NO2. The second kappa shape index (κ2) is 8.93. The van der Waals surface area contributed by atoms with E-state index in [9.17, 15) is 0 Å². The first-order valence-corrected chi connectivity index (χ1v) is 7.97. The van der Waals surface area contributed by atoms with Crippen LogP contribution in [0.4, 0.5) is 0 Å². The Morgan fingerprint density at radius 2 is 2.16 bits per heavy atom. The van der Waals surface area contributed by atoms with Crippen molar-refractivity contribution in [3.8, 4) is 0 Å². The average molecular weight is 271 g/mol. The SMILES string of the molecule is CCCNC(CCC1CCCO1)CCC(C)(C)OC. The van der Waals surface area contributed by atoms with E-state index >= 15 is 0 Å². The molecule has 1 N–H and O–H groups in total. The summed E-state index contributed by atoms with van der Waals surface area (Å²) in [6.07, 6.45) is 8.94. The van der Waals surface area contributed by atoms with E-state index in [1.54, 1.807) is 7.11 Å². The summed E-state index contributed by atoms with van der Waals surface area (Å²) in [5, 5.41) is 3.68. The normalized spacial score (nSPS) is 21.8. The van der Waals surface area contributed by atoms with Gasteiger partial charge in [-0.3, -0.25) is 0 Å². The highest BCUT2D eigenvalue weighted by Crippen LogP contribution is 2.22. The second-order valence-electron chi connectivity index (χ2n) is 6.37. The van der Waals surface area contributed by atoms with Gasteiger partial charge in [-0.15, -0.1) is 0 Å². The van der Waals surface area contributed by atoms with Crippen molar-refractivity contribution in [3.05, 3.63) is 0 Å². The van der Waals surface area contributed by atoms with Crippen LogP contribution in [0.3, 0.4) is 0 Å². The fourth-order valence-corrected chi connectivity index (χ4v) is 2.58. The molecule has 1 fully saturated rings. The van der Waals surface area contributed by atoms with Crippen LogP contribution in [0, 0.1) is 0 Å². The number of rotatable bonds is 10. The lowest BCUT2D eigenvalue weighted by atomic mass is 9.95. The van der Waals surface area contributed by atoms with E-state index < -0.39 is 0 Å². The fourth-order valence-electron chi connectivity index (χ4n) is 2.58. The third-order valence-corrected chi connectivity index (χ3v) is 4.19. The Hall–Kier alpha value is -0.120. The van der Waals surface area contributed by atoms with Gasteiger partial charge in [0, 0.05) is 19.8 Å². The molecule has 0 saturated carbocycles. The molecule has 19 heavy (non-hydrogen) atoms. The summed E-state index contributed by atoms with van der Waals surface area (Å²) in [5.74, 6) is 0. The van der Waals surface area contributed by atoms with Gasteiger partial charge in [-0.2, -0.15) is 0 Å². The number of nitrogens with one attached hydrogen (secondary N) is 1. The third kappa shape index (κ3) is 7.28. The van der Waals surface area contributed by atoms with Gasteiger partial charge in [0.25, 0.3) is 0 Å². The van der Waals surface area contributed by atoms with Crippen LogP contribution in [0.25, 0.3) is 0 Å². The molecule has 0 aromatic heterocycles. The van der Waals surface area contributed by atoms with Crippen molar-refractivity contribution < 1.29 is 9.47 Å². The highest BCUT2D eigenvalue weighted by atomic mass is 16.5. The van der Waals surface area contributed by atoms with E-state index in [0.29, 0.717) is 12.1 Å². The van der Waals surface area contributed by atoms with Crippen LogP contribution in [-0.4, -0.2) is 38.0 Å². The van der Waals surface area contributed by atoms with Crippen molar-refractivity contribution in [1.29, 1.82) is 0 Å². The van der Waals surface area contributed by atoms with Crippen molar-refractivity contribution in [2.75, 3.05) is 20.3 Å². The number of ether oxygens (including phenoxy) is 2. The van der Waals surface area contributed by atoms with E-state index in [1.807, 2.05) is 0 Å². The third-order valence-electron chi connectivity index (χ3n) is 4.19. The molecule has 0 aromatic rings. The monoisotopic (exact) mass is 271 g/mol. The summed E-state index contributed by atoms with van der Waals surface area (Å²) >= 11 is 0. The molecule has 2 atom stereocenters. The number of methoxy groups -OCH3 is 1. The Bertz CT molecular complexity index is 225. The molecule has 1 saturated heterocycles. The molecule has 3 nitrogen and oxygen atoms in total. The number of hydrogen-bond acceptors (Lipinski definition) is 3. The Morgan fingerprint density at radius 1 is 1.37 bits per heavy atom. The maximum Gasteiger partial charge on any atom is 0.0623 e. The molecule has 1 aliphatic heterocycles. The molecule has 2 unspecified atom stereocenters. The first kappa shape index (κ1) is 16.9. The minimum atomic E-state index is -0.00397. The minimum Gasteiger partial charge on any atom is -0.379 e. The highest BCUT2D eigenvalue weighted by Gasteiger charge is 2.21. The largest absolute Gasteiger partial charge is 0.379 e. The molecule has 0 aliphatic carbocycles. The quantitative estimate of drug-likeness (QED) is 0.659. The van der Waals surface area contributed by atoms with Crippen molar-refractivity contribution in [3.63, 3.8) is 0 Å². The van der Waals surface area contributed by atoms with E-state index in [1.165, 1.54) is 38.5 Å². The van der Waals surface area contributed by atoms with Gasteiger partial charge in [0.1, 0.15) is 0 Å². The summed E-state index contributed by atoms with van der Waals surface area (Å²) in [5.41, 5.74) is -0.00397. The molecule has 0 aromatic carbocycles. The van der Waals surface area contributed by atoms with Crippen LogP contribution in [0.1, 0.15) is 65.7 Å². The summed E-state index contributed by atoms with van der Waals surface area (Å²) in [6, 6.07) is 0.610. The van der Waals surface area contributed by atoms with Crippen LogP contribution in [0.2, 0.25) is 0 Å². The van der Waals surface area contributed by atoms with Gasteiger partial charge in [-0.05, 0) is 65.3 Å². The van der Waals surface area contributed by atoms with Crippen LogP contribution < -0.4 is 5.32 Å². The second-order valence-corrected chi connectivity index (χ2v) is 6.37. The van der Waals surface area contributed by atoms with Gasteiger partial charge in [-0.1, -0.05) is 6.92 Å². The molecule has 0 amide bonds. The van der Waals surface area contributed by atoms with Gasteiger partial charge in [0.05, 0.1) is 11.7 Å². The molecule has 0 spiro atoms. The van der Waals surface area contributed by atoms with Crippen molar-refractivity contribution in [2.45, 2.75) is 83.5 Å². The minimum absolute atomic E-state index is 0.00397. The van der Waals surface area contributed by atoms with Crippen LogP contribution >= 0.6 is 0 Å². The summed E-state index contributed by atoms with van der Waals surface area (Å²) in [4.78, 5) is 0. The Balaban J connectivity index is 2.28. The first-order chi connectivity index (χ1) is 9.07. The van der Waals surface area contributed by atoms with E-state index in [0.717, 1.165) is 19.6 Å². The van der Waals surface area contributed by atoms with Gasteiger partial charge in [0.15, 0.2) is 0 Å². The molecule has 114 valence electrons. The molecular weight excluding hydrogens is 238 g/mol. The molecule has 1 rings (SSSR count). The Kier molecular flexibility index (Phi) is 7.96. The van der Waals surface area contributed by atoms with Crippen LogP contribution in [0.15, 0.2) is 0 Å². The molecule has 1 aliphatic rings. The summed E-state index contributed by atoms with van der Waals surface area (Å²) in [7, 11) is 1.81. The predicted molar refractivity (Wildman–Crippen MR) is 80.6 cm³/mol. The first-order valence-electron chi connectivity index (χ1n) is 7.97. The maximum atomic E-state index is 5.72. The average Bonchev–Trinajstić information content (AvgIpc) is 2.91. The van der Waals surface area contributed by atoms with Crippen molar-refractivity contribution in [1.82, 2.24) is 5.32 Å². The lowest BCUT2D eigenvalue weighted by Crippen LogP contribution is -2.33. The van der Waals surface area contributed by atoms with Gasteiger partial charge < -0.3 is 14.8 Å². The zero-order chi connectivity index (χ0) is 14.1. The zero-order valence-corrected chi connectivity index (χ0v) is 13.3. The van der Waals surface area contributed by atoms with Gasteiger partial charge in [0.2, 0.25) is 0 Å². The lowest BCUT2D eigenvalue weighted by Gasteiger charge is -2.27. The van der Waals surface area contributed by atoms with Crippen LogP contribution in [-0.2, 0) is 9.47 Å². The van der Waals surface area contributed by atoms with Gasteiger partial charge in [-0.25, -0.2) is 0 Å². The Morgan fingerprint density at radius 3 is 2.74 bits per heavy atom. The van der Waals surface area contributed by atoms with Crippen molar-refractivity contribution in [2.24, 2.45) is 0 Å². The molecule has 0 radical (unpaired) electrons. The van der Waals surface area contributed by atoms with E-state index in [2.05, 4.69) is 26.1 Å². The molecule has 1 heterocycles. The summed E-state index contributed by atoms with van der Waals surface area (Å²) in [6.45, 7) is 8.65. The van der Waals surface area contributed by atoms with Crippen LogP contribution in [0.5, 0.6) is 0 Å². The topological polar surface area (TPSA) is 30.5 Å². The number of hydrogen-bond donors (Lipinski definition) is 1. The molecule has 0 bridgehead atoms. The highest BCUT2D eigenvalue weighted by molar-refractivity contribution is 4.76. The van der Waals surface area contributed by atoms with Gasteiger partial charge >= 0.3 is 0 Å². The Labute approximate surface area is 119 Å². The summed E-state index contributed by atoms with van der Waals surface area (Å²) < 4.78 is 11.2. The van der Waals surface area contributed by atoms with E-state index in [4.69, 9.17) is 9.47 Å². The predicted octanol–water partition coefficient (Wildman–Crippen LogP) is 3.52. The standard InChI is InChI=1S/C16H33NO2/c1-5-12-17-14(10-11-16(2,3)18-4)8-9-15-7-6-13-19-15/h14-15,17H,5-13H2,1-4H3. The lowest BCUT2D eigenvalue weighted by molar-refractivity contribution is 0.0110. The van der Waals surface area contributed by atoms with Crippen molar-refractivity contribution >= 4 is 0 Å². The zero-order valence-electron chi connectivity index (χ0n) is 13.3. The fraction of sp³-hybridized carbons (Fsp3) is 1.00. The maximum absolute atomic E-state index is 5.72. The van der Waals surface area contributed by atoms with E-state index in [-0.39, 0.29) is 5.60 Å². The molecule has 3 heteroatoms.